The van der Waals surface area contributed by atoms with Crippen molar-refractivity contribution in [2.75, 3.05) is 11.9 Å². The molecule has 0 unspecified atom stereocenters. The van der Waals surface area contributed by atoms with Crippen LogP contribution in [-0.2, 0) is 6.54 Å². The first-order chi connectivity index (χ1) is 9.20. The number of hydrogen-bond donors (Lipinski definition) is 1. The van der Waals surface area contributed by atoms with E-state index in [0.717, 1.165) is 10.7 Å². The third-order valence-electron chi connectivity index (χ3n) is 2.38. The SMILES string of the molecule is CCOc1cc(NCc2nccs2)ccc1[N+](=O)[O-]. The van der Waals surface area contributed by atoms with Crippen LogP contribution in [0.3, 0.4) is 0 Å². The van der Waals surface area contributed by atoms with E-state index in [-0.39, 0.29) is 11.4 Å². The molecule has 0 aliphatic carbocycles. The minimum absolute atomic E-state index is 0.0263. The van der Waals surface area contributed by atoms with E-state index in [9.17, 15) is 10.1 Å². The highest BCUT2D eigenvalue weighted by atomic mass is 32.1. The molecule has 0 aliphatic heterocycles. The molecule has 1 heterocycles. The van der Waals surface area contributed by atoms with Crippen molar-refractivity contribution in [3.05, 3.63) is 44.9 Å². The summed E-state index contributed by atoms with van der Waals surface area (Å²) in [6.07, 6.45) is 1.74. The fourth-order valence-electron chi connectivity index (χ4n) is 1.56. The predicted molar refractivity (Wildman–Crippen MR) is 73.7 cm³/mol. The number of aromatic nitrogens is 1. The van der Waals surface area contributed by atoms with E-state index in [4.69, 9.17) is 4.74 Å². The van der Waals surface area contributed by atoms with Crippen molar-refractivity contribution in [2.24, 2.45) is 0 Å². The van der Waals surface area contributed by atoms with Crippen LogP contribution in [0.4, 0.5) is 11.4 Å². The molecule has 6 nitrogen and oxygen atoms in total. The molecule has 0 spiro atoms. The number of ether oxygens (including phenoxy) is 1. The van der Waals surface area contributed by atoms with E-state index in [0.29, 0.717) is 13.2 Å². The Morgan fingerprint density at radius 1 is 1.53 bits per heavy atom. The van der Waals surface area contributed by atoms with Crippen molar-refractivity contribution in [1.82, 2.24) is 4.98 Å². The highest BCUT2D eigenvalue weighted by Gasteiger charge is 2.15. The van der Waals surface area contributed by atoms with Crippen LogP contribution >= 0.6 is 11.3 Å². The molecule has 0 fully saturated rings. The number of thiazole rings is 1. The molecule has 0 radical (unpaired) electrons. The standard InChI is InChI=1S/C12H13N3O3S/c1-2-18-11-7-9(3-4-10(11)15(16)17)14-8-12-13-5-6-19-12/h3-7,14H,2,8H2,1H3. The summed E-state index contributed by atoms with van der Waals surface area (Å²) in [5, 5.41) is 16.9. The lowest BCUT2D eigenvalue weighted by molar-refractivity contribution is -0.385. The van der Waals surface area contributed by atoms with Crippen LogP contribution in [-0.4, -0.2) is 16.5 Å². The Morgan fingerprint density at radius 2 is 2.37 bits per heavy atom. The van der Waals surface area contributed by atoms with Gasteiger partial charge in [0.05, 0.1) is 18.1 Å². The van der Waals surface area contributed by atoms with Crippen LogP contribution in [0.2, 0.25) is 0 Å². The first kappa shape index (κ1) is 13.3. The lowest BCUT2D eigenvalue weighted by Gasteiger charge is -2.08. The number of rotatable bonds is 6. The van der Waals surface area contributed by atoms with Crippen LogP contribution in [0.25, 0.3) is 0 Å². The largest absolute Gasteiger partial charge is 0.487 e. The van der Waals surface area contributed by atoms with Gasteiger partial charge < -0.3 is 10.1 Å². The topological polar surface area (TPSA) is 77.3 Å². The molecule has 1 aromatic heterocycles. The molecule has 0 atom stereocenters. The normalized spacial score (nSPS) is 10.2. The second-order valence-corrected chi connectivity index (χ2v) is 4.63. The summed E-state index contributed by atoms with van der Waals surface area (Å²) in [5.74, 6) is 0.275. The summed E-state index contributed by atoms with van der Waals surface area (Å²) < 4.78 is 5.28. The maximum atomic E-state index is 10.8. The summed E-state index contributed by atoms with van der Waals surface area (Å²) in [4.78, 5) is 14.6. The molecule has 2 aromatic rings. The predicted octanol–water partition coefficient (Wildman–Crippen LogP) is 3.06. The first-order valence-corrected chi connectivity index (χ1v) is 6.62. The second-order valence-electron chi connectivity index (χ2n) is 3.65. The molecule has 2 rings (SSSR count). The molecule has 0 aliphatic rings. The first-order valence-electron chi connectivity index (χ1n) is 5.74. The van der Waals surface area contributed by atoms with E-state index >= 15 is 0 Å². The lowest BCUT2D eigenvalue weighted by atomic mass is 10.2. The van der Waals surface area contributed by atoms with Gasteiger partial charge in [0.25, 0.3) is 0 Å². The van der Waals surface area contributed by atoms with E-state index in [1.54, 1.807) is 36.6 Å². The Balaban J connectivity index is 2.13. The van der Waals surface area contributed by atoms with Crippen molar-refractivity contribution >= 4 is 22.7 Å². The van der Waals surface area contributed by atoms with Crippen LogP contribution in [0.15, 0.2) is 29.8 Å². The zero-order valence-electron chi connectivity index (χ0n) is 10.3. The molecule has 0 bridgehead atoms. The summed E-state index contributed by atoms with van der Waals surface area (Å²) >= 11 is 1.55. The maximum absolute atomic E-state index is 10.8. The van der Waals surface area contributed by atoms with E-state index in [2.05, 4.69) is 10.3 Å². The third kappa shape index (κ3) is 3.41. The van der Waals surface area contributed by atoms with Crippen molar-refractivity contribution in [3.63, 3.8) is 0 Å². The lowest BCUT2D eigenvalue weighted by Crippen LogP contribution is -2.01. The minimum Gasteiger partial charge on any atom is -0.487 e. The van der Waals surface area contributed by atoms with Crippen LogP contribution in [0.1, 0.15) is 11.9 Å². The maximum Gasteiger partial charge on any atom is 0.311 e. The summed E-state index contributed by atoms with van der Waals surface area (Å²) in [7, 11) is 0. The number of anilines is 1. The molecular weight excluding hydrogens is 266 g/mol. The Labute approximate surface area is 114 Å². The van der Waals surface area contributed by atoms with E-state index < -0.39 is 4.92 Å². The van der Waals surface area contributed by atoms with Gasteiger partial charge in [-0.1, -0.05) is 0 Å². The van der Waals surface area contributed by atoms with Gasteiger partial charge in [0.15, 0.2) is 5.75 Å². The fraction of sp³-hybridized carbons (Fsp3) is 0.250. The van der Waals surface area contributed by atoms with Crippen molar-refractivity contribution < 1.29 is 9.66 Å². The number of nitrogens with zero attached hydrogens (tertiary/aromatic N) is 2. The third-order valence-corrected chi connectivity index (χ3v) is 3.16. The second kappa shape index (κ2) is 6.14. The molecule has 0 saturated heterocycles. The van der Waals surface area contributed by atoms with Gasteiger partial charge in [-0.05, 0) is 13.0 Å². The van der Waals surface area contributed by atoms with Gasteiger partial charge in [0, 0.05) is 29.4 Å². The summed E-state index contributed by atoms with van der Waals surface area (Å²) in [6.45, 7) is 2.76. The minimum atomic E-state index is -0.449. The van der Waals surface area contributed by atoms with Gasteiger partial charge in [0.2, 0.25) is 0 Å². The van der Waals surface area contributed by atoms with Crippen molar-refractivity contribution in [1.29, 1.82) is 0 Å². The highest BCUT2D eigenvalue weighted by molar-refractivity contribution is 7.09. The molecule has 100 valence electrons. The zero-order valence-corrected chi connectivity index (χ0v) is 11.1. The number of benzene rings is 1. The smallest absolute Gasteiger partial charge is 0.311 e. The Hall–Kier alpha value is -2.15. The number of nitro groups is 1. The molecular formula is C12H13N3O3S. The van der Waals surface area contributed by atoms with Crippen LogP contribution in [0.5, 0.6) is 5.75 Å². The van der Waals surface area contributed by atoms with E-state index in [1.807, 2.05) is 5.38 Å². The number of nitro benzene ring substituents is 1. The van der Waals surface area contributed by atoms with Gasteiger partial charge in [-0.2, -0.15) is 0 Å². The highest BCUT2D eigenvalue weighted by Crippen LogP contribution is 2.30. The van der Waals surface area contributed by atoms with E-state index in [1.165, 1.54) is 6.07 Å². The van der Waals surface area contributed by atoms with Gasteiger partial charge in [-0.15, -0.1) is 11.3 Å². The number of nitrogens with one attached hydrogen (secondary N) is 1. The molecule has 1 N–H and O–H groups in total. The summed E-state index contributed by atoms with van der Waals surface area (Å²) in [6, 6.07) is 4.73. The molecule has 0 amide bonds. The molecule has 1 aromatic carbocycles. The van der Waals surface area contributed by atoms with Crippen molar-refractivity contribution in [2.45, 2.75) is 13.5 Å². The number of hydrogen-bond acceptors (Lipinski definition) is 6. The van der Waals surface area contributed by atoms with Gasteiger partial charge in [0.1, 0.15) is 5.01 Å². The molecule has 19 heavy (non-hydrogen) atoms. The van der Waals surface area contributed by atoms with Gasteiger partial charge in [-0.3, -0.25) is 10.1 Å². The van der Waals surface area contributed by atoms with Crippen LogP contribution < -0.4 is 10.1 Å². The average Bonchev–Trinajstić information content (AvgIpc) is 2.90. The fourth-order valence-corrected chi connectivity index (χ4v) is 2.12. The average molecular weight is 279 g/mol. The van der Waals surface area contributed by atoms with Crippen LogP contribution in [0, 0.1) is 10.1 Å². The molecule has 7 heteroatoms. The Morgan fingerprint density at radius 3 is 3.00 bits per heavy atom. The molecule has 0 saturated carbocycles. The van der Waals surface area contributed by atoms with Crippen molar-refractivity contribution in [3.8, 4) is 5.75 Å². The monoisotopic (exact) mass is 279 g/mol. The van der Waals surface area contributed by atoms with Gasteiger partial charge in [-0.25, -0.2) is 4.98 Å². The Bertz CT molecular complexity index is 557. The summed E-state index contributed by atoms with van der Waals surface area (Å²) in [5.41, 5.74) is 0.742. The zero-order chi connectivity index (χ0) is 13.7. The van der Waals surface area contributed by atoms with Gasteiger partial charge >= 0.3 is 5.69 Å². The Kier molecular flexibility index (Phi) is 4.30. The quantitative estimate of drug-likeness (QED) is 0.649.